The van der Waals surface area contributed by atoms with Gasteiger partial charge in [0.15, 0.2) is 0 Å². The fraction of sp³-hybridized carbons (Fsp3) is 0.450. The molecule has 1 saturated heterocycles. The van der Waals surface area contributed by atoms with Gasteiger partial charge in [0.1, 0.15) is 22.8 Å². The minimum atomic E-state index is -1.22. The summed E-state index contributed by atoms with van der Waals surface area (Å²) >= 11 is 1.27. The van der Waals surface area contributed by atoms with Gasteiger partial charge in [-0.15, -0.1) is 10.2 Å². The summed E-state index contributed by atoms with van der Waals surface area (Å²) in [5.41, 5.74) is 0.274. The largest absolute Gasteiger partial charge is 0.496 e. The van der Waals surface area contributed by atoms with Crippen molar-refractivity contribution in [2.24, 2.45) is 0 Å². The van der Waals surface area contributed by atoms with Crippen molar-refractivity contribution >= 4 is 34.3 Å². The molecule has 2 heterocycles. The summed E-state index contributed by atoms with van der Waals surface area (Å²) in [6.45, 7) is 7.23. The number of imide groups is 1. The van der Waals surface area contributed by atoms with Crippen LogP contribution in [0.15, 0.2) is 18.2 Å². The van der Waals surface area contributed by atoms with Gasteiger partial charge in [0, 0.05) is 5.92 Å². The van der Waals surface area contributed by atoms with E-state index >= 15 is 0 Å². The molecule has 2 N–H and O–H groups in total. The molecular formula is C20H25N5O4S. The first kappa shape index (κ1) is 21.7. The van der Waals surface area contributed by atoms with Crippen LogP contribution in [0.4, 0.5) is 9.93 Å². The number of carbonyl (C=O) groups is 3. The van der Waals surface area contributed by atoms with E-state index in [1.807, 2.05) is 33.8 Å². The Kier molecular flexibility index (Phi) is 6.06. The zero-order valence-corrected chi connectivity index (χ0v) is 18.4. The molecule has 0 aliphatic carbocycles. The molecule has 0 spiro atoms. The highest BCUT2D eigenvalue weighted by Gasteiger charge is 2.51. The summed E-state index contributed by atoms with van der Waals surface area (Å²) in [5.74, 6) is -0.0920. The van der Waals surface area contributed by atoms with Crippen LogP contribution in [0.25, 0.3) is 0 Å². The van der Waals surface area contributed by atoms with Crippen LogP contribution in [0.2, 0.25) is 0 Å². The third-order valence-corrected chi connectivity index (χ3v) is 6.22. The highest BCUT2D eigenvalue weighted by atomic mass is 32.1. The maximum Gasteiger partial charge on any atom is 0.325 e. The van der Waals surface area contributed by atoms with E-state index in [1.165, 1.54) is 11.3 Å². The minimum absolute atomic E-state index is 0.192. The number of rotatable bonds is 7. The van der Waals surface area contributed by atoms with Crippen LogP contribution in [0.3, 0.4) is 0 Å². The van der Waals surface area contributed by atoms with E-state index in [0.29, 0.717) is 22.9 Å². The number of ether oxygens (including phenoxy) is 1. The molecule has 1 aromatic carbocycles. The molecule has 1 fully saturated rings. The van der Waals surface area contributed by atoms with Crippen molar-refractivity contribution in [1.82, 2.24) is 20.4 Å². The van der Waals surface area contributed by atoms with E-state index in [4.69, 9.17) is 4.74 Å². The number of urea groups is 1. The number of nitrogens with one attached hydrogen (secondary N) is 2. The fourth-order valence-corrected chi connectivity index (χ4v) is 4.14. The lowest BCUT2D eigenvalue weighted by atomic mass is 9.86. The van der Waals surface area contributed by atoms with Crippen molar-refractivity contribution in [3.8, 4) is 5.75 Å². The van der Waals surface area contributed by atoms with Crippen molar-refractivity contribution in [2.75, 3.05) is 19.0 Å². The van der Waals surface area contributed by atoms with Crippen molar-refractivity contribution in [2.45, 2.75) is 45.6 Å². The van der Waals surface area contributed by atoms with Crippen LogP contribution >= 0.6 is 11.3 Å². The van der Waals surface area contributed by atoms with Gasteiger partial charge in [0.05, 0.1) is 7.11 Å². The predicted molar refractivity (Wildman–Crippen MR) is 113 cm³/mol. The van der Waals surface area contributed by atoms with Gasteiger partial charge in [-0.25, -0.2) is 4.79 Å². The Morgan fingerprint density at radius 1 is 1.33 bits per heavy atom. The van der Waals surface area contributed by atoms with Crippen LogP contribution < -0.4 is 15.4 Å². The maximum absolute atomic E-state index is 13.2. The summed E-state index contributed by atoms with van der Waals surface area (Å²) < 4.78 is 5.28. The first-order valence-electron chi connectivity index (χ1n) is 9.64. The fourth-order valence-electron chi connectivity index (χ4n) is 3.37. The molecular weight excluding hydrogens is 406 g/mol. The maximum atomic E-state index is 13.2. The molecule has 10 heteroatoms. The lowest BCUT2D eigenvalue weighted by Crippen LogP contribution is -2.44. The second-order valence-electron chi connectivity index (χ2n) is 7.41. The third-order valence-electron chi connectivity index (χ3n) is 5.08. The Bertz CT molecular complexity index is 989. The third kappa shape index (κ3) is 3.87. The van der Waals surface area contributed by atoms with Gasteiger partial charge in [-0.05, 0) is 36.6 Å². The van der Waals surface area contributed by atoms with Crippen molar-refractivity contribution in [3.63, 3.8) is 0 Å². The molecule has 1 atom stereocenters. The van der Waals surface area contributed by atoms with E-state index in [2.05, 4.69) is 20.8 Å². The van der Waals surface area contributed by atoms with Crippen molar-refractivity contribution < 1.29 is 19.1 Å². The standard InChI is InChI=1S/C20H25N5O4S/c1-6-20(13-7-8-14(29-5)12(4)9-13)17(27)25(19(28)22-20)10-15(26)21-18-24-23-16(30-18)11(2)3/h7-9,11H,6,10H2,1-5H3,(H,22,28)(H,21,24,26). The molecule has 9 nitrogen and oxygen atoms in total. The molecule has 1 aromatic heterocycles. The number of aromatic nitrogens is 2. The SMILES string of the molecule is CCC1(c2ccc(OC)c(C)c2)NC(=O)N(CC(=O)Nc2nnc(C(C)C)s2)C1=O. The Morgan fingerprint density at radius 2 is 2.07 bits per heavy atom. The van der Waals surface area contributed by atoms with E-state index < -0.39 is 29.9 Å². The summed E-state index contributed by atoms with van der Waals surface area (Å²) in [5, 5.41) is 14.5. The number of anilines is 1. The number of nitrogens with zero attached hydrogens (tertiary/aromatic N) is 3. The molecule has 0 bridgehead atoms. The highest BCUT2D eigenvalue weighted by Crippen LogP contribution is 2.34. The number of hydrogen-bond donors (Lipinski definition) is 2. The van der Waals surface area contributed by atoms with Gasteiger partial charge in [-0.1, -0.05) is 38.2 Å². The first-order chi connectivity index (χ1) is 14.2. The van der Waals surface area contributed by atoms with Gasteiger partial charge in [-0.2, -0.15) is 0 Å². The molecule has 1 aliphatic heterocycles. The molecule has 30 heavy (non-hydrogen) atoms. The lowest BCUT2D eigenvalue weighted by molar-refractivity contribution is -0.134. The highest BCUT2D eigenvalue weighted by molar-refractivity contribution is 7.15. The molecule has 0 radical (unpaired) electrons. The average Bonchev–Trinajstić information content (AvgIpc) is 3.26. The molecule has 0 saturated carbocycles. The second kappa shape index (κ2) is 8.39. The number of aryl methyl sites for hydroxylation is 1. The summed E-state index contributed by atoms with van der Waals surface area (Å²) in [4.78, 5) is 39.2. The van der Waals surface area contributed by atoms with E-state index in [0.717, 1.165) is 15.5 Å². The zero-order chi connectivity index (χ0) is 22.1. The lowest BCUT2D eigenvalue weighted by Gasteiger charge is -2.26. The molecule has 2 aromatic rings. The molecule has 3 rings (SSSR count). The Labute approximate surface area is 178 Å². The summed E-state index contributed by atoms with van der Waals surface area (Å²) in [6, 6.07) is 4.73. The number of methoxy groups -OCH3 is 1. The van der Waals surface area contributed by atoms with Gasteiger partial charge in [-0.3, -0.25) is 19.8 Å². The van der Waals surface area contributed by atoms with E-state index in [9.17, 15) is 14.4 Å². The topological polar surface area (TPSA) is 114 Å². The van der Waals surface area contributed by atoms with Crippen LogP contribution in [0, 0.1) is 6.92 Å². The number of carbonyl (C=O) groups excluding carboxylic acids is 3. The average molecular weight is 432 g/mol. The summed E-state index contributed by atoms with van der Waals surface area (Å²) in [7, 11) is 1.57. The number of amides is 4. The van der Waals surface area contributed by atoms with Crippen LogP contribution in [0.5, 0.6) is 5.75 Å². The number of benzene rings is 1. The first-order valence-corrected chi connectivity index (χ1v) is 10.5. The molecule has 4 amide bonds. The Balaban J connectivity index is 1.78. The molecule has 1 unspecified atom stereocenters. The predicted octanol–water partition coefficient (Wildman–Crippen LogP) is 2.77. The Hall–Kier alpha value is -3.01. The molecule has 1 aliphatic rings. The normalized spacial score (nSPS) is 18.7. The van der Waals surface area contributed by atoms with Gasteiger partial charge >= 0.3 is 6.03 Å². The quantitative estimate of drug-likeness (QED) is 0.652. The van der Waals surface area contributed by atoms with E-state index in [1.54, 1.807) is 19.2 Å². The van der Waals surface area contributed by atoms with Gasteiger partial charge < -0.3 is 10.1 Å². The second-order valence-corrected chi connectivity index (χ2v) is 8.42. The zero-order valence-electron chi connectivity index (χ0n) is 17.6. The van der Waals surface area contributed by atoms with Crippen LogP contribution in [0.1, 0.15) is 49.2 Å². The van der Waals surface area contributed by atoms with Gasteiger partial charge in [0.25, 0.3) is 5.91 Å². The van der Waals surface area contributed by atoms with Crippen LogP contribution in [-0.4, -0.2) is 46.6 Å². The van der Waals surface area contributed by atoms with Crippen molar-refractivity contribution in [3.05, 3.63) is 34.3 Å². The summed E-state index contributed by atoms with van der Waals surface area (Å²) in [6.07, 6.45) is 0.343. The Morgan fingerprint density at radius 3 is 2.63 bits per heavy atom. The van der Waals surface area contributed by atoms with Crippen molar-refractivity contribution in [1.29, 1.82) is 0 Å². The smallest absolute Gasteiger partial charge is 0.325 e. The number of hydrogen-bond acceptors (Lipinski definition) is 7. The van der Waals surface area contributed by atoms with Crippen LogP contribution in [-0.2, 0) is 15.1 Å². The van der Waals surface area contributed by atoms with Gasteiger partial charge in [0.2, 0.25) is 11.0 Å². The molecule has 160 valence electrons. The monoisotopic (exact) mass is 431 g/mol. The minimum Gasteiger partial charge on any atom is -0.496 e. The van der Waals surface area contributed by atoms with E-state index in [-0.39, 0.29) is 5.92 Å².